The number of nitrogens with one attached hydrogen (secondary N) is 1. The van der Waals surface area contributed by atoms with Crippen molar-refractivity contribution in [1.82, 2.24) is 5.32 Å². The molecule has 16 heavy (non-hydrogen) atoms. The van der Waals surface area contributed by atoms with Crippen molar-refractivity contribution in [2.24, 2.45) is 5.92 Å². The smallest absolute Gasteiger partial charge is 0.121 e. The third kappa shape index (κ3) is 2.67. The zero-order valence-corrected chi connectivity index (χ0v) is 10.5. The summed E-state index contributed by atoms with van der Waals surface area (Å²) in [5.74, 6) is 3.11. The third-order valence-corrected chi connectivity index (χ3v) is 3.77. The van der Waals surface area contributed by atoms with E-state index in [1.54, 1.807) is 0 Å². The standard InChI is InChI=1S/C14H23NO/c1-3-12-8-9-14(16-12)13(15-2)10-11-6-4-5-7-11/h8-9,11,13,15H,3-7,10H2,1-2H3. The Morgan fingerprint density at radius 3 is 2.69 bits per heavy atom. The van der Waals surface area contributed by atoms with Gasteiger partial charge in [0.15, 0.2) is 0 Å². The van der Waals surface area contributed by atoms with Crippen molar-refractivity contribution in [2.75, 3.05) is 7.05 Å². The zero-order valence-electron chi connectivity index (χ0n) is 10.5. The van der Waals surface area contributed by atoms with Gasteiger partial charge in [0.1, 0.15) is 11.5 Å². The van der Waals surface area contributed by atoms with Crippen LogP contribution in [-0.2, 0) is 6.42 Å². The van der Waals surface area contributed by atoms with Crippen molar-refractivity contribution in [1.29, 1.82) is 0 Å². The second kappa shape index (κ2) is 5.53. The molecular weight excluding hydrogens is 198 g/mol. The van der Waals surface area contributed by atoms with Gasteiger partial charge in [-0.1, -0.05) is 32.6 Å². The van der Waals surface area contributed by atoms with E-state index in [4.69, 9.17) is 4.42 Å². The SMILES string of the molecule is CCc1ccc(C(CC2CCCC2)NC)o1. The maximum absolute atomic E-state index is 5.83. The zero-order chi connectivity index (χ0) is 11.4. The first kappa shape index (κ1) is 11.7. The highest BCUT2D eigenvalue weighted by molar-refractivity contribution is 5.11. The topological polar surface area (TPSA) is 25.2 Å². The van der Waals surface area contributed by atoms with E-state index in [0.29, 0.717) is 6.04 Å². The number of aryl methyl sites for hydroxylation is 1. The van der Waals surface area contributed by atoms with E-state index >= 15 is 0 Å². The van der Waals surface area contributed by atoms with Crippen LogP contribution in [0.15, 0.2) is 16.5 Å². The molecular formula is C14H23NO. The molecule has 1 aliphatic rings. The van der Waals surface area contributed by atoms with Gasteiger partial charge in [-0.2, -0.15) is 0 Å². The normalized spacial score (nSPS) is 19.1. The lowest BCUT2D eigenvalue weighted by molar-refractivity contribution is 0.348. The van der Waals surface area contributed by atoms with Crippen LogP contribution in [-0.4, -0.2) is 7.05 Å². The molecule has 1 heterocycles. The first-order chi connectivity index (χ1) is 7.83. The molecule has 0 spiro atoms. The fourth-order valence-electron chi connectivity index (χ4n) is 2.73. The van der Waals surface area contributed by atoms with E-state index in [9.17, 15) is 0 Å². The van der Waals surface area contributed by atoms with E-state index in [-0.39, 0.29) is 0 Å². The van der Waals surface area contributed by atoms with Crippen LogP contribution in [0.25, 0.3) is 0 Å². The van der Waals surface area contributed by atoms with E-state index in [1.165, 1.54) is 32.1 Å². The van der Waals surface area contributed by atoms with Crippen LogP contribution < -0.4 is 5.32 Å². The van der Waals surface area contributed by atoms with Crippen molar-refractivity contribution in [3.63, 3.8) is 0 Å². The summed E-state index contributed by atoms with van der Waals surface area (Å²) in [6, 6.07) is 4.65. The van der Waals surface area contributed by atoms with Gasteiger partial charge in [-0.15, -0.1) is 0 Å². The molecule has 1 fully saturated rings. The molecule has 1 aliphatic carbocycles. The minimum Gasteiger partial charge on any atom is -0.464 e. The number of hydrogen-bond acceptors (Lipinski definition) is 2. The molecule has 1 aromatic heterocycles. The van der Waals surface area contributed by atoms with E-state index in [2.05, 4.69) is 24.4 Å². The van der Waals surface area contributed by atoms with Crippen LogP contribution in [0, 0.1) is 5.92 Å². The lowest BCUT2D eigenvalue weighted by Gasteiger charge is -2.17. The predicted molar refractivity (Wildman–Crippen MR) is 66.5 cm³/mol. The fourth-order valence-corrected chi connectivity index (χ4v) is 2.73. The second-order valence-electron chi connectivity index (χ2n) is 4.89. The third-order valence-electron chi connectivity index (χ3n) is 3.77. The molecule has 1 N–H and O–H groups in total. The average Bonchev–Trinajstić information content (AvgIpc) is 2.96. The summed E-state index contributed by atoms with van der Waals surface area (Å²) in [6.45, 7) is 2.13. The van der Waals surface area contributed by atoms with Crippen LogP contribution >= 0.6 is 0 Å². The maximum Gasteiger partial charge on any atom is 0.121 e. The molecule has 1 unspecified atom stereocenters. The van der Waals surface area contributed by atoms with Crippen molar-refractivity contribution in [3.05, 3.63) is 23.7 Å². The summed E-state index contributed by atoms with van der Waals surface area (Å²) in [5.41, 5.74) is 0. The lowest BCUT2D eigenvalue weighted by Crippen LogP contribution is -2.18. The second-order valence-corrected chi connectivity index (χ2v) is 4.89. The van der Waals surface area contributed by atoms with Gasteiger partial charge in [-0.05, 0) is 31.5 Å². The van der Waals surface area contributed by atoms with Crippen molar-refractivity contribution >= 4 is 0 Å². The van der Waals surface area contributed by atoms with Gasteiger partial charge in [0.25, 0.3) is 0 Å². The summed E-state index contributed by atoms with van der Waals surface area (Å²) >= 11 is 0. The fraction of sp³-hybridized carbons (Fsp3) is 0.714. The van der Waals surface area contributed by atoms with Crippen LogP contribution in [0.2, 0.25) is 0 Å². The molecule has 0 bridgehead atoms. The van der Waals surface area contributed by atoms with Crippen LogP contribution in [0.1, 0.15) is 56.6 Å². The van der Waals surface area contributed by atoms with Crippen LogP contribution in [0.4, 0.5) is 0 Å². The molecule has 0 saturated heterocycles. The summed E-state index contributed by atoms with van der Waals surface area (Å²) in [7, 11) is 2.04. The molecule has 0 radical (unpaired) electrons. The largest absolute Gasteiger partial charge is 0.464 e. The van der Waals surface area contributed by atoms with Gasteiger partial charge in [0, 0.05) is 6.42 Å². The first-order valence-electron chi connectivity index (χ1n) is 6.59. The number of rotatable bonds is 5. The molecule has 2 nitrogen and oxygen atoms in total. The number of furan rings is 1. The Morgan fingerprint density at radius 1 is 1.38 bits per heavy atom. The highest BCUT2D eigenvalue weighted by Gasteiger charge is 2.22. The minimum atomic E-state index is 0.406. The Balaban J connectivity index is 1.97. The van der Waals surface area contributed by atoms with Crippen LogP contribution in [0.5, 0.6) is 0 Å². The molecule has 1 saturated carbocycles. The summed E-state index contributed by atoms with van der Waals surface area (Å²) < 4.78 is 5.83. The number of hydrogen-bond donors (Lipinski definition) is 1. The summed E-state index contributed by atoms with van der Waals surface area (Å²) in [5, 5.41) is 3.39. The van der Waals surface area contributed by atoms with Gasteiger partial charge < -0.3 is 9.73 Å². The van der Waals surface area contributed by atoms with E-state index in [0.717, 1.165) is 23.9 Å². The van der Waals surface area contributed by atoms with Gasteiger partial charge in [-0.3, -0.25) is 0 Å². The Bertz CT molecular complexity index is 312. The Morgan fingerprint density at radius 2 is 2.12 bits per heavy atom. The molecule has 0 aliphatic heterocycles. The molecule has 2 heteroatoms. The van der Waals surface area contributed by atoms with Crippen LogP contribution in [0.3, 0.4) is 0 Å². The van der Waals surface area contributed by atoms with Crippen molar-refractivity contribution < 1.29 is 4.42 Å². The molecule has 0 amide bonds. The Kier molecular flexibility index (Phi) is 4.05. The highest BCUT2D eigenvalue weighted by atomic mass is 16.3. The summed E-state index contributed by atoms with van der Waals surface area (Å²) in [6.07, 6.45) is 7.85. The van der Waals surface area contributed by atoms with E-state index < -0.39 is 0 Å². The van der Waals surface area contributed by atoms with E-state index in [1.807, 2.05) is 7.05 Å². The molecule has 90 valence electrons. The average molecular weight is 221 g/mol. The molecule has 0 aromatic carbocycles. The highest BCUT2D eigenvalue weighted by Crippen LogP contribution is 2.33. The van der Waals surface area contributed by atoms with Crippen molar-refractivity contribution in [3.8, 4) is 0 Å². The minimum absolute atomic E-state index is 0.406. The quantitative estimate of drug-likeness (QED) is 0.820. The maximum atomic E-state index is 5.83. The van der Waals surface area contributed by atoms with Gasteiger partial charge >= 0.3 is 0 Å². The van der Waals surface area contributed by atoms with Gasteiger partial charge in [-0.25, -0.2) is 0 Å². The molecule has 1 atom stereocenters. The molecule has 1 aromatic rings. The Labute approximate surface area is 98.4 Å². The van der Waals surface area contributed by atoms with Gasteiger partial charge in [0.2, 0.25) is 0 Å². The molecule has 2 rings (SSSR count). The Hall–Kier alpha value is -0.760. The summed E-state index contributed by atoms with van der Waals surface area (Å²) in [4.78, 5) is 0. The lowest BCUT2D eigenvalue weighted by atomic mass is 9.97. The van der Waals surface area contributed by atoms with Gasteiger partial charge in [0.05, 0.1) is 6.04 Å². The first-order valence-corrected chi connectivity index (χ1v) is 6.59. The predicted octanol–water partition coefficient (Wildman–Crippen LogP) is 3.68. The monoisotopic (exact) mass is 221 g/mol. The van der Waals surface area contributed by atoms with Crippen molar-refractivity contribution in [2.45, 2.75) is 51.5 Å².